The van der Waals surface area contributed by atoms with Crippen molar-refractivity contribution in [2.45, 2.75) is 32.2 Å². The fourth-order valence-electron chi connectivity index (χ4n) is 3.31. The number of ether oxygens (including phenoxy) is 1. The van der Waals surface area contributed by atoms with Gasteiger partial charge in [-0.05, 0) is 57.8 Å². The van der Waals surface area contributed by atoms with Gasteiger partial charge in [0.05, 0.1) is 6.61 Å². The Morgan fingerprint density at radius 3 is 2.76 bits per heavy atom. The lowest BCUT2D eigenvalue weighted by Gasteiger charge is -2.33. The van der Waals surface area contributed by atoms with E-state index in [4.69, 9.17) is 4.74 Å². The normalized spacial score (nSPS) is 21.4. The van der Waals surface area contributed by atoms with E-state index in [0.717, 1.165) is 12.5 Å². The largest absolute Gasteiger partial charge is 0.384 e. The summed E-state index contributed by atoms with van der Waals surface area (Å²) in [5.74, 6) is 0.719. The van der Waals surface area contributed by atoms with Gasteiger partial charge in [0.15, 0.2) is 0 Å². The van der Waals surface area contributed by atoms with Crippen molar-refractivity contribution in [1.82, 2.24) is 10.2 Å². The van der Waals surface area contributed by atoms with E-state index >= 15 is 0 Å². The van der Waals surface area contributed by atoms with Crippen LogP contribution in [0.1, 0.15) is 36.4 Å². The Labute approximate surface area is 129 Å². The topological polar surface area (TPSA) is 24.5 Å². The van der Waals surface area contributed by atoms with Gasteiger partial charge in [-0.1, -0.05) is 29.8 Å². The highest BCUT2D eigenvalue weighted by Crippen LogP contribution is 2.21. The smallest absolute Gasteiger partial charge is 0.0502 e. The first-order valence-corrected chi connectivity index (χ1v) is 8.18. The van der Waals surface area contributed by atoms with Crippen LogP contribution in [0.25, 0.3) is 0 Å². The minimum absolute atomic E-state index is 0.452. The van der Waals surface area contributed by atoms with Gasteiger partial charge in [-0.15, -0.1) is 0 Å². The van der Waals surface area contributed by atoms with E-state index in [9.17, 15) is 0 Å². The molecular formula is C18H30N2O. The second kappa shape index (κ2) is 8.52. The molecule has 2 rings (SSSR count). The van der Waals surface area contributed by atoms with Gasteiger partial charge in [0.2, 0.25) is 0 Å². The van der Waals surface area contributed by atoms with Crippen LogP contribution < -0.4 is 5.32 Å². The summed E-state index contributed by atoms with van der Waals surface area (Å²) >= 11 is 0. The summed E-state index contributed by atoms with van der Waals surface area (Å²) < 4.78 is 5.32. The Bertz CT molecular complexity index is 402. The average Bonchev–Trinajstić information content (AvgIpc) is 2.50. The molecule has 21 heavy (non-hydrogen) atoms. The molecule has 118 valence electrons. The van der Waals surface area contributed by atoms with Gasteiger partial charge in [-0.2, -0.15) is 0 Å². The quantitative estimate of drug-likeness (QED) is 0.835. The standard InChI is InChI=1S/C18H30N2O/c1-15-6-8-17(9-7-15)18(19-2)10-12-20-11-4-5-16(13-20)14-21-3/h6-9,16,18-19H,4-5,10-14H2,1-3H3. The van der Waals surface area contributed by atoms with Crippen LogP contribution in [-0.2, 0) is 4.74 Å². The van der Waals surface area contributed by atoms with Crippen molar-refractivity contribution < 1.29 is 4.74 Å². The Morgan fingerprint density at radius 1 is 1.33 bits per heavy atom. The van der Waals surface area contributed by atoms with Gasteiger partial charge in [-0.3, -0.25) is 0 Å². The van der Waals surface area contributed by atoms with Crippen molar-refractivity contribution in [1.29, 1.82) is 0 Å². The van der Waals surface area contributed by atoms with E-state index in [0.29, 0.717) is 6.04 Å². The van der Waals surface area contributed by atoms with Gasteiger partial charge >= 0.3 is 0 Å². The van der Waals surface area contributed by atoms with Crippen molar-refractivity contribution in [3.8, 4) is 0 Å². The molecule has 1 heterocycles. The molecular weight excluding hydrogens is 260 g/mol. The molecule has 0 bridgehead atoms. The number of benzene rings is 1. The van der Waals surface area contributed by atoms with Crippen LogP contribution in [0.4, 0.5) is 0 Å². The average molecular weight is 290 g/mol. The molecule has 1 aliphatic heterocycles. The number of hydrogen-bond acceptors (Lipinski definition) is 3. The second-order valence-corrected chi connectivity index (χ2v) is 6.30. The summed E-state index contributed by atoms with van der Waals surface area (Å²) in [4.78, 5) is 2.60. The van der Waals surface area contributed by atoms with E-state index < -0.39 is 0 Å². The first-order valence-electron chi connectivity index (χ1n) is 8.18. The molecule has 1 aromatic carbocycles. The summed E-state index contributed by atoms with van der Waals surface area (Å²) in [6.07, 6.45) is 3.79. The molecule has 0 aromatic heterocycles. The van der Waals surface area contributed by atoms with Crippen molar-refractivity contribution in [2.24, 2.45) is 5.92 Å². The molecule has 2 unspecified atom stereocenters. The van der Waals surface area contributed by atoms with Crippen molar-refractivity contribution in [2.75, 3.05) is 40.4 Å². The lowest BCUT2D eigenvalue weighted by Crippen LogP contribution is -2.38. The Balaban J connectivity index is 1.83. The fourth-order valence-corrected chi connectivity index (χ4v) is 3.31. The summed E-state index contributed by atoms with van der Waals surface area (Å²) in [5.41, 5.74) is 2.72. The van der Waals surface area contributed by atoms with E-state index in [1.807, 2.05) is 7.11 Å². The molecule has 1 fully saturated rings. The highest BCUT2D eigenvalue weighted by molar-refractivity contribution is 5.24. The number of rotatable bonds is 7. The van der Waals surface area contributed by atoms with E-state index in [1.165, 1.54) is 50.0 Å². The van der Waals surface area contributed by atoms with Crippen LogP contribution in [-0.4, -0.2) is 45.3 Å². The van der Waals surface area contributed by atoms with Gasteiger partial charge in [0.25, 0.3) is 0 Å². The lowest BCUT2D eigenvalue weighted by atomic mass is 9.97. The van der Waals surface area contributed by atoms with E-state index in [2.05, 4.69) is 48.5 Å². The Hall–Kier alpha value is -0.900. The fraction of sp³-hybridized carbons (Fsp3) is 0.667. The van der Waals surface area contributed by atoms with Crippen LogP contribution in [0.2, 0.25) is 0 Å². The predicted molar refractivity (Wildman–Crippen MR) is 88.6 cm³/mol. The van der Waals surface area contributed by atoms with Gasteiger partial charge in [-0.25, -0.2) is 0 Å². The number of aryl methyl sites for hydroxylation is 1. The number of nitrogens with one attached hydrogen (secondary N) is 1. The second-order valence-electron chi connectivity index (χ2n) is 6.30. The van der Waals surface area contributed by atoms with Crippen LogP contribution in [0.5, 0.6) is 0 Å². The van der Waals surface area contributed by atoms with Crippen LogP contribution in [0, 0.1) is 12.8 Å². The highest BCUT2D eigenvalue weighted by Gasteiger charge is 2.20. The maximum atomic E-state index is 5.32. The zero-order valence-electron chi connectivity index (χ0n) is 13.8. The molecule has 0 amide bonds. The lowest BCUT2D eigenvalue weighted by molar-refractivity contribution is 0.0887. The van der Waals surface area contributed by atoms with E-state index in [1.54, 1.807) is 0 Å². The Kier molecular flexibility index (Phi) is 6.68. The van der Waals surface area contributed by atoms with Crippen LogP contribution in [0.15, 0.2) is 24.3 Å². The van der Waals surface area contributed by atoms with Gasteiger partial charge in [0.1, 0.15) is 0 Å². The summed E-state index contributed by atoms with van der Waals surface area (Å²) in [5, 5.41) is 3.46. The number of methoxy groups -OCH3 is 1. The molecule has 0 spiro atoms. The molecule has 2 atom stereocenters. The zero-order valence-corrected chi connectivity index (χ0v) is 13.8. The molecule has 0 aliphatic carbocycles. The summed E-state index contributed by atoms with van der Waals surface area (Å²) in [7, 11) is 3.88. The third-order valence-electron chi connectivity index (χ3n) is 4.57. The molecule has 1 saturated heterocycles. The molecule has 3 heteroatoms. The van der Waals surface area contributed by atoms with Gasteiger partial charge in [0, 0.05) is 19.7 Å². The molecule has 0 radical (unpaired) electrons. The minimum Gasteiger partial charge on any atom is -0.384 e. The highest BCUT2D eigenvalue weighted by atomic mass is 16.5. The van der Waals surface area contributed by atoms with Crippen molar-refractivity contribution in [3.63, 3.8) is 0 Å². The van der Waals surface area contributed by atoms with E-state index in [-0.39, 0.29) is 0 Å². The minimum atomic E-state index is 0.452. The van der Waals surface area contributed by atoms with Crippen molar-refractivity contribution in [3.05, 3.63) is 35.4 Å². The van der Waals surface area contributed by atoms with Crippen LogP contribution >= 0.6 is 0 Å². The Morgan fingerprint density at radius 2 is 2.10 bits per heavy atom. The third kappa shape index (κ3) is 5.10. The monoisotopic (exact) mass is 290 g/mol. The molecule has 1 N–H and O–H groups in total. The number of hydrogen-bond donors (Lipinski definition) is 1. The number of nitrogens with zero attached hydrogens (tertiary/aromatic N) is 1. The summed E-state index contributed by atoms with van der Waals surface area (Å²) in [6, 6.07) is 9.36. The molecule has 3 nitrogen and oxygen atoms in total. The molecule has 0 saturated carbocycles. The zero-order chi connectivity index (χ0) is 15.1. The van der Waals surface area contributed by atoms with Crippen LogP contribution in [0.3, 0.4) is 0 Å². The predicted octanol–water partition coefficient (Wildman–Crippen LogP) is 3.00. The molecule has 1 aromatic rings. The van der Waals surface area contributed by atoms with Crippen molar-refractivity contribution >= 4 is 0 Å². The maximum Gasteiger partial charge on any atom is 0.0502 e. The SMILES string of the molecule is CNC(CCN1CCCC(COC)C1)c1ccc(C)cc1. The third-order valence-corrected chi connectivity index (χ3v) is 4.57. The number of likely N-dealkylation sites (tertiary alicyclic amines) is 1. The summed E-state index contributed by atoms with van der Waals surface area (Å²) in [6.45, 7) is 6.65. The first-order chi connectivity index (χ1) is 10.2. The molecule has 1 aliphatic rings. The van der Waals surface area contributed by atoms with Gasteiger partial charge < -0.3 is 15.0 Å². The number of piperidine rings is 1. The maximum absolute atomic E-state index is 5.32. The first kappa shape index (κ1) is 16.5.